The van der Waals surface area contributed by atoms with Gasteiger partial charge in [-0.05, 0) is 63.1 Å². The quantitative estimate of drug-likeness (QED) is 0.121. The average molecular weight is 693 g/mol. The number of benzene rings is 5. The fraction of sp³-hybridized carbons (Fsp3) is 0.222. The van der Waals surface area contributed by atoms with E-state index in [0.29, 0.717) is 0 Å². The van der Waals surface area contributed by atoms with Crippen molar-refractivity contribution in [2.45, 2.75) is 65.2 Å². The Morgan fingerprint density at radius 3 is 1.76 bits per heavy atom. The van der Waals surface area contributed by atoms with Gasteiger partial charge in [0, 0.05) is 23.6 Å². The van der Waals surface area contributed by atoms with Crippen LogP contribution in [0.15, 0.2) is 149 Å². The van der Waals surface area contributed by atoms with Crippen LogP contribution >= 0.6 is 23.1 Å². The Hall–Kier alpha value is -4.32. The molecule has 1 aliphatic rings. The van der Waals surface area contributed by atoms with Crippen molar-refractivity contribution in [1.29, 1.82) is 0 Å². The van der Waals surface area contributed by atoms with Gasteiger partial charge in [0.2, 0.25) is 5.52 Å². The average Bonchev–Trinajstić information content (AvgIpc) is 3.65. The van der Waals surface area contributed by atoms with Crippen LogP contribution in [0.1, 0.15) is 50.8 Å². The van der Waals surface area contributed by atoms with Crippen LogP contribution in [0.3, 0.4) is 0 Å². The molecule has 254 valence electrons. The van der Waals surface area contributed by atoms with E-state index >= 15 is 0 Å². The summed E-state index contributed by atoms with van der Waals surface area (Å²) in [5.41, 5.74) is 9.50. The summed E-state index contributed by atoms with van der Waals surface area (Å²) in [7, 11) is 0. The first-order valence-electron chi connectivity index (χ1n) is 17.9. The number of hydrogen-bond donors (Lipinski definition) is 0. The van der Waals surface area contributed by atoms with E-state index in [1.54, 1.807) is 0 Å². The number of nitrogens with zero attached hydrogens (tertiary/aromatic N) is 2. The van der Waals surface area contributed by atoms with Crippen LogP contribution in [0, 0.1) is 13.8 Å². The van der Waals surface area contributed by atoms with E-state index in [2.05, 4.69) is 204 Å². The molecule has 0 unspecified atom stereocenters. The Morgan fingerprint density at radius 1 is 0.700 bits per heavy atom. The molecule has 2 heterocycles. The molecule has 0 saturated carbocycles. The minimum Gasteiger partial charge on any atom is -0.335 e. The molecule has 0 spiro atoms. The highest BCUT2D eigenvalue weighted by Gasteiger charge is 2.39. The van der Waals surface area contributed by atoms with Crippen LogP contribution in [0.25, 0.3) is 16.3 Å². The van der Waals surface area contributed by atoms with Gasteiger partial charge in [-0.15, -0.1) is 5.31 Å². The molecular weight excluding hydrogens is 643 g/mol. The molecule has 1 aliphatic heterocycles. The van der Waals surface area contributed by atoms with E-state index in [1.807, 2.05) is 23.1 Å². The molecule has 0 fully saturated rings. The molecule has 0 atom stereocenters. The fourth-order valence-electron chi connectivity index (χ4n) is 7.84. The number of thiazole rings is 1. The summed E-state index contributed by atoms with van der Waals surface area (Å²) in [6.07, 6.45) is 5.64. The molecule has 0 N–H and O–H groups in total. The van der Waals surface area contributed by atoms with Gasteiger partial charge >= 0.3 is 0 Å². The summed E-state index contributed by atoms with van der Waals surface area (Å²) in [5.74, 6) is 0. The monoisotopic (exact) mass is 692 g/mol. The van der Waals surface area contributed by atoms with Crippen molar-refractivity contribution in [2.75, 3.05) is 11.4 Å². The van der Waals surface area contributed by atoms with E-state index < -0.39 is 6.15 Å². The van der Waals surface area contributed by atoms with Crippen molar-refractivity contribution in [3.8, 4) is 0 Å². The van der Waals surface area contributed by atoms with Crippen LogP contribution in [-0.2, 0) is 6.54 Å². The number of anilines is 1. The first-order chi connectivity index (χ1) is 24.2. The molecule has 2 nitrogen and oxygen atoms in total. The Bertz CT molecular complexity index is 2010. The number of aryl methyl sites for hydroxylation is 3. The molecule has 0 radical (unpaired) electrons. The lowest BCUT2D eigenvalue weighted by molar-refractivity contribution is -0.665. The van der Waals surface area contributed by atoms with Crippen LogP contribution in [0.5, 0.6) is 0 Å². The molecule has 0 aliphatic carbocycles. The SMILES string of the molecule is CC(C)(C)[B-](c1ccccc1)(c1ccccc1)c1ccccc1.CCN1/C(=C/C=C/c2sc3ccc(C)cc3[n+]2CC)Sc2ccc(C)cc21. The van der Waals surface area contributed by atoms with Gasteiger partial charge in [-0.25, -0.2) is 0 Å². The predicted octanol–water partition coefficient (Wildman–Crippen LogP) is 10.3. The molecule has 0 saturated heterocycles. The van der Waals surface area contributed by atoms with Gasteiger partial charge < -0.3 is 4.90 Å². The molecule has 0 bridgehead atoms. The maximum absolute atomic E-state index is 2.40. The van der Waals surface area contributed by atoms with Gasteiger partial charge in [0.1, 0.15) is 11.2 Å². The topological polar surface area (TPSA) is 7.12 Å². The third-order valence-corrected chi connectivity index (χ3v) is 12.3. The van der Waals surface area contributed by atoms with Crippen molar-refractivity contribution in [3.63, 3.8) is 0 Å². The largest absolute Gasteiger partial charge is 0.335 e. The standard InChI is InChI=1S/C23H25N2S2.C22H24B/c1-5-24-18-14-16(3)10-12-20(18)26-22(24)8-7-9-23-25(6-2)19-15-17(4)11-13-21(19)27-23;1-22(2,3)23(19-13-7-4-8-14-19,20-15-9-5-10-16-20)21-17-11-6-12-18-21/h7-15H,5-6H2,1-4H3;4-18H,1-3H3/q+1;-1. The van der Waals surface area contributed by atoms with Crippen molar-refractivity contribution >= 4 is 67.6 Å². The summed E-state index contributed by atoms with van der Waals surface area (Å²) in [5, 5.41) is 2.69. The summed E-state index contributed by atoms with van der Waals surface area (Å²) in [4.78, 5) is 3.75. The highest BCUT2D eigenvalue weighted by atomic mass is 32.2. The van der Waals surface area contributed by atoms with Gasteiger partial charge in [-0.3, -0.25) is 0 Å². The first kappa shape index (κ1) is 35.5. The number of hydrogen-bond acceptors (Lipinski definition) is 3. The van der Waals surface area contributed by atoms with Crippen molar-refractivity contribution in [1.82, 2.24) is 0 Å². The maximum Gasteiger partial charge on any atom is 0.262 e. The lowest BCUT2D eigenvalue weighted by atomic mass is 9.07. The summed E-state index contributed by atoms with van der Waals surface area (Å²) in [6.45, 7) is 17.8. The summed E-state index contributed by atoms with van der Waals surface area (Å²) < 4.78 is 3.75. The van der Waals surface area contributed by atoms with Gasteiger partial charge in [0.05, 0.1) is 16.9 Å². The zero-order valence-electron chi connectivity index (χ0n) is 30.6. The van der Waals surface area contributed by atoms with Gasteiger partial charge in [-0.2, -0.15) is 21.0 Å². The van der Waals surface area contributed by atoms with Crippen molar-refractivity contribution < 1.29 is 4.57 Å². The minimum absolute atomic E-state index is 0.0874. The predicted molar refractivity (Wildman–Crippen MR) is 223 cm³/mol. The first-order valence-corrected chi connectivity index (χ1v) is 19.5. The van der Waals surface area contributed by atoms with E-state index in [0.717, 1.165) is 13.1 Å². The summed E-state index contributed by atoms with van der Waals surface area (Å²) >= 11 is 3.72. The Balaban J connectivity index is 0.000000175. The molecule has 6 aromatic rings. The molecule has 50 heavy (non-hydrogen) atoms. The molecule has 5 aromatic carbocycles. The second kappa shape index (κ2) is 15.3. The van der Waals surface area contributed by atoms with E-state index in [-0.39, 0.29) is 5.31 Å². The highest BCUT2D eigenvalue weighted by molar-refractivity contribution is 8.03. The Labute approximate surface area is 308 Å². The Kier molecular flexibility index (Phi) is 10.9. The summed E-state index contributed by atoms with van der Waals surface area (Å²) in [6, 6.07) is 46.4. The number of aromatic nitrogens is 1. The molecular formula is C45H49BN2S2. The number of allylic oxidation sites excluding steroid dienone is 2. The highest BCUT2D eigenvalue weighted by Crippen LogP contribution is 2.46. The molecule has 7 rings (SSSR count). The molecule has 0 amide bonds. The minimum atomic E-state index is -1.06. The Morgan fingerprint density at radius 2 is 1.24 bits per heavy atom. The molecule has 5 heteroatoms. The van der Waals surface area contributed by atoms with Crippen molar-refractivity contribution in [3.05, 3.63) is 161 Å². The van der Waals surface area contributed by atoms with Gasteiger partial charge in [0.15, 0.2) is 0 Å². The van der Waals surface area contributed by atoms with Crippen LogP contribution in [0.2, 0.25) is 5.31 Å². The zero-order valence-corrected chi connectivity index (χ0v) is 32.2. The van der Waals surface area contributed by atoms with Crippen LogP contribution < -0.4 is 25.9 Å². The van der Waals surface area contributed by atoms with Gasteiger partial charge in [-0.1, -0.05) is 153 Å². The third-order valence-electron chi connectivity index (χ3n) is 10.1. The van der Waals surface area contributed by atoms with Crippen LogP contribution in [-0.4, -0.2) is 12.7 Å². The lowest BCUT2D eigenvalue weighted by Gasteiger charge is -2.54. The molecule has 1 aromatic heterocycles. The second-order valence-corrected chi connectivity index (χ2v) is 16.4. The van der Waals surface area contributed by atoms with E-state index in [4.69, 9.17) is 0 Å². The fourth-order valence-corrected chi connectivity index (χ4v) is 10.1. The lowest BCUT2D eigenvalue weighted by Crippen LogP contribution is -2.72. The second-order valence-electron chi connectivity index (χ2n) is 14.3. The van der Waals surface area contributed by atoms with Gasteiger partial charge in [0.25, 0.3) is 5.01 Å². The third kappa shape index (κ3) is 6.99. The van der Waals surface area contributed by atoms with Crippen LogP contribution in [0.4, 0.5) is 5.69 Å². The smallest absolute Gasteiger partial charge is 0.262 e. The number of rotatable bonds is 7. The zero-order chi connectivity index (χ0) is 35.3. The number of fused-ring (bicyclic) bond motifs is 2. The normalized spacial score (nSPS) is 13.9. The van der Waals surface area contributed by atoms with E-state index in [9.17, 15) is 0 Å². The maximum atomic E-state index is 2.40. The van der Waals surface area contributed by atoms with E-state index in [1.165, 1.54) is 58.4 Å². The van der Waals surface area contributed by atoms with Crippen molar-refractivity contribution in [2.24, 2.45) is 0 Å². The number of thioether (sulfide) groups is 1.